The zero-order valence-electron chi connectivity index (χ0n) is 7.95. The second-order valence-corrected chi connectivity index (χ2v) is 4.61. The molecule has 76 valence electrons. The van der Waals surface area contributed by atoms with Crippen LogP contribution in [0.2, 0.25) is 0 Å². The summed E-state index contributed by atoms with van der Waals surface area (Å²) in [6, 6.07) is -0.323. The number of carboxylic acids is 1. The summed E-state index contributed by atoms with van der Waals surface area (Å²) in [7, 11) is 0. The number of rotatable bonds is 5. The summed E-state index contributed by atoms with van der Waals surface area (Å²) in [4.78, 5) is 10.6. The number of carboxylic acid groups (broad SMARTS) is 1. The Bertz CT molecular complexity index is 175. The molecular weight excluding hydrogens is 186 g/mol. The van der Waals surface area contributed by atoms with Crippen LogP contribution in [0.25, 0.3) is 0 Å². The van der Waals surface area contributed by atoms with Crippen molar-refractivity contribution in [2.45, 2.75) is 44.0 Å². The van der Waals surface area contributed by atoms with Crippen LogP contribution in [0.15, 0.2) is 0 Å². The molecule has 0 aromatic heterocycles. The average molecular weight is 203 g/mol. The minimum atomic E-state index is -0.717. The predicted octanol–water partition coefficient (Wildman–Crippen LogP) is 1.68. The summed E-state index contributed by atoms with van der Waals surface area (Å²) >= 11 is 1.74. The monoisotopic (exact) mass is 203 g/mol. The van der Waals surface area contributed by atoms with Gasteiger partial charge in [-0.15, -0.1) is 11.8 Å². The Labute approximate surface area is 83.3 Å². The van der Waals surface area contributed by atoms with Crippen molar-refractivity contribution in [2.24, 2.45) is 0 Å². The summed E-state index contributed by atoms with van der Waals surface area (Å²) in [5, 5.41) is 12.2. The van der Waals surface area contributed by atoms with Gasteiger partial charge in [0.05, 0.1) is 5.37 Å². The molecule has 0 amide bonds. The van der Waals surface area contributed by atoms with Gasteiger partial charge in [0.2, 0.25) is 0 Å². The van der Waals surface area contributed by atoms with E-state index in [1.165, 1.54) is 19.3 Å². The third-order valence-electron chi connectivity index (χ3n) is 2.22. The Hall–Kier alpha value is -0.220. The van der Waals surface area contributed by atoms with Gasteiger partial charge in [0.1, 0.15) is 6.04 Å². The Balaban J connectivity index is 2.14. The third kappa shape index (κ3) is 3.56. The summed E-state index contributed by atoms with van der Waals surface area (Å²) < 4.78 is 0. The molecule has 1 saturated heterocycles. The first-order chi connectivity index (χ1) is 6.24. The van der Waals surface area contributed by atoms with E-state index in [2.05, 4.69) is 12.2 Å². The number of thioether (sulfide) groups is 1. The lowest BCUT2D eigenvalue weighted by atomic mass is 10.2. The fourth-order valence-electron chi connectivity index (χ4n) is 1.42. The van der Waals surface area contributed by atoms with Crippen LogP contribution in [0.5, 0.6) is 0 Å². The molecule has 2 N–H and O–H groups in total. The van der Waals surface area contributed by atoms with Gasteiger partial charge in [0, 0.05) is 5.75 Å². The van der Waals surface area contributed by atoms with Crippen molar-refractivity contribution in [1.82, 2.24) is 5.32 Å². The highest BCUT2D eigenvalue weighted by Gasteiger charge is 2.28. The fraction of sp³-hybridized carbons (Fsp3) is 0.889. The van der Waals surface area contributed by atoms with Crippen molar-refractivity contribution in [2.75, 3.05) is 5.75 Å². The molecule has 0 radical (unpaired) electrons. The second-order valence-electron chi connectivity index (χ2n) is 3.38. The van der Waals surface area contributed by atoms with E-state index in [1.807, 2.05) is 0 Å². The van der Waals surface area contributed by atoms with Crippen LogP contribution in [0, 0.1) is 0 Å². The van der Waals surface area contributed by atoms with E-state index in [0.29, 0.717) is 11.1 Å². The molecule has 2 atom stereocenters. The van der Waals surface area contributed by atoms with Crippen LogP contribution >= 0.6 is 11.8 Å². The number of nitrogens with one attached hydrogen (secondary N) is 1. The average Bonchev–Trinajstić information content (AvgIpc) is 2.53. The van der Waals surface area contributed by atoms with Gasteiger partial charge in [-0.3, -0.25) is 10.1 Å². The normalized spacial score (nSPS) is 27.8. The highest BCUT2D eigenvalue weighted by Crippen LogP contribution is 2.23. The molecule has 0 aromatic rings. The van der Waals surface area contributed by atoms with E-state index >= 15 is 0 Å². The molecule has 0 spiro atoms. The van der Waals surface area contributed by atoms with E-state index in [9.17, 15) is 4.79 Å². The maximum absolute atomic E-state index is 10.6. The van der Waals surface area contributed by atoms with Crippen LogP contribution in [0.4, 0.5) is 0 Å². The highest BCUT2D eigenvalue weighted by molar-refractivity contribution is 8.00. The number of hydrogen-bond donors (Lipinski definition) is 2. The van der Waals surface area contributed by atoms with E-state index in [0.717, 1.165) is 6.42 Å². The van der Waals surface area contributed by atoms with Gasteiger partial charge in [0.15, 0.2) is 0 Å². The summed E-state index contributed by atoms with van der Waals surface area (Å²) in [6.45, 7) is 2.18. The maximum atomic E-state index is 10.6. The molecule has 1 aliphatic heterocycles. The molecule has 0 aromatic carbocycles. The minimum absolute atomic E-state index is 0.323. The zero-order chi connectivity index (χ0) is 9.68. The molecule has 1 rings (SSSR count). The minimum Gasteiger partial charge on any atom is -0.480 e. The van der Waals surface area contributed by atoms with Crippen molar-refractivity contribution in [3.63, 3.8) is 0 Å². The van der Waals surface area contributed by atoms with Gasteiger partial charge in [-0.05, 0) is 6.42 Å². The molecule has 4 heteroatoms. The van der Waals surface area contributed by atoms with Gasteiger partial charge in [-0.2, -0.15) is 0 Å². The van der Waals surface area contributed by atoms with E-state index in [1.54, 1.807) is 11.8 Å². The van der Waals surface area contributed by atoms with Gasteiger partial charge >= 0.3 is 5.97 Å². The van der Waals surface area contributed by atoms with Crippen LogP contribution in [0.3, 0.4) is 0 Å². The number of aliphatic carboxylic acids is 1. The molecular formula is C9H17NO2S. The van der Waals surface area contributed by atoms with Gasteiger partial charge in [-0.25, -0.2) is 0 Å². The first-order valence-corrected chi connectivity index (χ1v) is 5.89. The van der Waals surface area contributed by atoms with Crippen molar-refractivity contribution in [3.8, 4) is 0 Å². The predicted molar refractivity (Wildman–Crippen MR) is 54.9 cm³/mol. The Morgan fingerprint density at radius 1 is 1.62 bits per heavy atom. The highest BCUT2D eigenvalue weighted by atomic mass is 32.2. The summed E-state index contributed by atoms with van der Waals surface area (Å²) in [5.74, 6) is -0.00273. The largest absolute Gasteiger partial charge is 0.480 e. The topological polar surface area (TPSA) is 49.3 Å². The van der Waals surface area contributed by atoms with Crippen LogP contribution in [-0.4, -0.2) is 28.2 Å². The van der Waals surface area contributed by atoms with Crippen molar-refractivity contribution < 1.29 is 9.90 Å². The molecule has 1 fully saturated rings. The molecule has 3 nitrogen and oxygen atoms in total. The summed E-state index contributed by atoms with van der Waals surface area (Å²) in [5.41, 5.74) is 0. The summed E-state index contributed by atoms with van der Waals surface area (Å²) in [6.07, 6.45) is 4.77. The number of unbranched alkanes of at least 4 members (excludes halogenated alkanes) is 2. The smallest absolute Gasteiger partial charge is 0.321 e. The van der Waals surface area contributed by atoms with Crippen molar-refractivity contribution in [1.29, 1.82) is 0 Å². The van der Waals surface area contributed by atoms with E-state index in [-0.39, 0.29) is 6.04 Å². The number of hydrogen-bond acceptors (Lipinski definition) is 3. The van der Waals surface area contributed by atoms with Gasteiger partial charge < -0.3 is 5.11 Å². The van der Waals surface area contributed by atoms with E-state index in [4.69, 9.17) is 5.11 Å². The van der Waals surface area contributed by atoms with E-state index < -0.39 is 5.97 Å². The lowest BCUT2D eigenvalue weighted by molar-refractivity contribution is -0.138. The molecule has 0 unspecified atom stereocenters. The molecule has 0 saturated carbocycles. The second kappa shape index (κ2) is 5.50. The fourth-order valence-corrected chi connectivity index (χ4v) is 2.68. The Kier molecular flexibility index (Phi) is 4.59. The Morgan fingerprint density at radius 2 is 2.38 bits per heavy atom. The molecule has 0 aliphatic carbocycles. The van der Waals surface area contributed by atoms with Gasteiger partial charge in [0.25, 0.3) is 0 Å². The van der Waals surface area contributed by atoms with Gasteiger partial charge in [-0.1, -0.05) is 26.2 Å². The van der Waals surface area contributed by atoms with Crippen LogP contribution in [-0.2, 0) is 4.79 Å². The zero-order valence-corrected chi connectivity index (χ0v) is 8.77. The van der Waals surface area contributed by atoms with Crippen LogP contribution < -0.4 is 5.32 Å². The quantitative estimate of drug-likeness (QED) is 0.667. The lowest BCUT2D eigenvalue weighted by Gasteiger charge is -2.09. The molecule has 13 heavy (non-hydrogen) atoms. The number of carbonyl (C=O) groups is 1. The van der Waals surface area contributed by atoms with Crippen molar-refractivity contribution in [3.05, 3.63) is 0 Å². The van der Waals surface area contributed by atoms with Crippen molar-refractivity contribution >= 4 is 17.7 Å². The Morgan fingerprint density at radius 3 is 2.92 bits per heavy atom. The standard InChI is InChI=1S/C9H17NO2S/c1-2-3-4-5-8-10-7(6-13-8)9(11)12/h7-8,10H,2-6H2,1H3,(H,11,12)/t7-,8-/m1/s1. The first-order valence-electron chi connectivity index (χ1n) is 4.84. The molecule has 1 heterocycles. The lowest BCUT2D eigenvalue weighted by Crippen LogP contribution is -2.36. The molecule has 1 aliphatic rings. The molecule has 0 bridgehead atoms. The van der Waals surface area contributed by atoms with Crippen LogP contribution in [0.1, 0.15) is 32.6 Å². The maximum Gasteiger partial charge on any atom is 0.321 e. The third-order valence-corrected chi connectivity index (χ3v) is 3.52. The SMILES string of the molecule is CCCCC[C@@H]1N[C@@H](C(=O)O)CS1. The first kappa shape index (κ1) is 10.9.